The van der Waals surface area contributed by atoms with Crippen LogP contribution in [0.25, 0.3) is 0 Å². The summed E-state index contributed by atoms with van der Waals surface area (Å²) in [5.41, 5.74) is 8.68. The first-order valence-corrected chi connectivity index (χ1v) is 7.31. The quantitative estimate of drug-likeness (QED) is 0.565. The first kappa shape index (κ1) is 14.2. The van der Waals surface area contributed by atoms with Crippen molar-refractivity contribution in [2.75, 3.05) is 17.7 Å². The Morgan fingerprint density at radius 3 is 2.64 bits per heavy atom. The molecule has 6 nitrogen and oxygen atoms in total. The molecule has 1 heterocycles. The van der Waals surface area contributed by atoms with Gasteiger partial charge in [-0.05, 0) is 36.8 Å². The number of benzene rings is 1. The van der Waals surface area contributed by atoms with E-state index in [1.54, 1.807) is 0 Å². The van der Waals surface area contributed by atoms with Gasteiger partial charge in [0.25, 0.3) is 0 Å². The molecule has 1 aliphatic carbocycles. The topological polar surface area (TPSA) is 92.3 Å². The van der Waals surface area contributed by atoms with E-state index in [9.17, 15) is 0 Å². The van der Waals surface area contributed by atoms with Gasteiger partial charge in [-0.3, -0.25) is 0 Å². The van der Waals surface area contributed by atoms with Crippen molar-refractivity contribution in [1.82, 2.24) is 4.98 Å². The Labute approximate surface area is 129 Å². The molecular formula is C16H19N6+. The summed E-state index contributed by atoms with van der Waals surface area (Å²) in [5.74, 6) is 1.11. The fourth-order valence-corrected chi connectivity index (χ4v) is 2.04. The molecule has 3 rings (SSSR count). The summed E-state index contributed by atoms with van der Waals surface area (Å²) in [4.78, 5) is 4.30. The molecule has 0 aliphatic heterocycles. The molecule has 5 N–H and O–H groups in total. The maximum atomic E-state index is 5.93. The molecule has 6 heteroatoms. The van der Waals surface area contributed by atoms with Gasteiger partial charge in [0, 0.05) is 6.42 Å². The molecule has 0 saturated heterocycles. The van der Waals surface area contributed by atoms with Crippen LogP contribution in [0.4, 0.5) is 23.0 Å². The van der Waals surface area contributed by atoms with Crippen molar-refractivity contribution in [3.8, 4) is 0 Å². The molecular weight excluding hydrogens is 276 g/mol. The molecule has 0 amide bonds. The van der Waals surface area contributed by atoms with Crippen molar-refractivity contribution in [1.29, 1.82) is 0 Å². The zero-order valence-electron chi connectivity index (χ0n) is 12.2. The molecule has 0 bridgehead atoms. The number of hydrogen-bond acceptors (Lipinski definition) is 5. The molecule has 2 aromatic rings. The molecule has 0 unspecified atom stereocenters. The zero-order chi connectivity index (χ0) is 15.2. The number of hydrogen-bond donors (Lipinski definition) is 3. The molecule has 22 heavy (non-hydrogen) atoms. The lowest BCUT2D eigenvalue weighted by molar-refractivity contribution is -0.605. The molecule has 1 aromatic heterocycles. The average molecular weight is 295 g/mol. The SMILES string of the molecule is Nc1nc(NC[NH2+]C2=CCC2)ccc1N=Nc1ccccc1. The number of pyridine rings is 1. The second kappa shape index (κ2) is 6.82. The van der Waals surface area contributed by atoms with E-state index in [-0.39, 0.29) is 0 Å². The van der Waals surface area contributed by atoms with Gasteiger partial charge in [-0.15, -0.1) is 5.11 Å². The molecule has 0 atom stereocenters. The number of aromatic nitrogens is 1. The first-order valence-electron chi connectivity index (χ1n) is 7.31. The van der Waals surface area contributed by atoms with Crippen molar-refractivity contribution in [2.45, 2.75) is 12.8 Å². The fraction of sp³-hybridized carbons (Fsp3) is 0.188. The van der Waals surface area contributed by atoms with E-state index >= 15 is 0 Å². The monoisotopic (exact) mass is 295 g/mol. The minimum Gasteiger partial charge on any atom is -0.382 e. The predicted octanol–water partition coefficient (Wildman–Crippen LogP) is 2.69. The van der Waals surface area contributed by atoms with E-state index in [0.29, 0.717) is 11.5 Å². The lowest BCUT2D eigenvalue weighted by Gasteiger charge is -2.12. The van der Waals surface area contributed by atoms with E-state index in [0.717, 1.165) is 18.2 Å². The summed E-state index contributed by atoms with van der Waals surface area (Å²) in [6, 6.07) is 13.2. The highest BCUT2D eigenvalue weighted by molar-refractivity contribution is 5.61. The Morgan fingerprint density at radius 2 is 1.95 bits per heavy atom. The highest BCUT2D eigenvalue weighted by atomic mass is 15.1. The highest BCUT2D eigenvalue weighted by Gasteiger charge is 2.09. The van der Waals surface area contributed by atoms with Crippen LogP contribution in [0.2, 0.25) is 0 Å². The van der Waals surface area contributed by atoms with Gasteiger partial charge in [0.2, 0.25) is 0 Å². The summed E-state index contributed by atoms with van der Waals surface area (Å²) >= 11 is 0. The van der Waals surface area contributed by atoms with E-state index in [4.69, 9.17) is 5.73 Å². The second-order valence-electron chi connectivity index (χ2n) is 5.04. The van der Waals surface area contributed by atoms with Gasteiger partial charge >= 0.3 is 0 Å². The minimum atomic E-state index is 0.368. The minimum absolute atomic E-state index is 0.368. The zero-order valence-corrected chi connectivity index (χ0v) is 12.2. The van der Waals surface area contributed by atoms with Crippen LogP contribution in [0.3, 0.4) is 0 Å². The van der Waals surface area contributed by atoms with Crippen molar-refractivity contribution in [2.24, 2.45) is 10.2 Å². The summed E-state index contributed by atoms with van der Waals surface area (Å²) in [5, 5.41) is 13.7. The van der Waals surface area contributed by atoms with Crippen LogP contribution >= 0.6 is 0 Å². The maximum Gasteiger partial charge on any atom is 0.154 e. The van der Waals surface area contributed by atoms with Crippen LogP contribution in [0.1, 0.15) is 12.8 Å². The lowest BCUT2D eigenvalue weighted by atomic mass is 10.1. The molecule has 0 fully saturated rings. The van der Waals surface area contributed by atoms with Gasteiger partial charge in [0.1, 0.15) is 17.2 Å². The van der Waals surface area contributed by atoms with Gasteiger partial charge in [-0.25, -0.2) is 4.98 Å². The Morgan fingerprint density at radius 1 is 1.14 bits per heavy atom. The van der Waals surface area contributed by atoms with Crippen molar-refractivity contribution in [3.05, 3.63) is 54.2 Å². The Bertz CT molecular complexity index is 693. The lowest BCUT2D eigenvalue weighted by Crippen LogP contribution is -2.84. The van der Waals surface area contributed by atoms with Gasteiger partial charge < -0.3 is 16.4 Å². The van der Waals surface area contributed by atoms with Crippen LogP contribution in [0.5, 0.6) is 0 Å². The molecule has 1 aliphatic rings. The summed E-state index contributed by atoms with van der Waals surface area (Å²) in [7, 11) is 0. The summed E-state index contributed by atoms with van der Waals surface area (Å²) < 4.78 is 0. The van der Waals surface area contributed by atoms with Gasteiger partial charge in [-0.1, -0.05) is 18.2 Å². The number of nitrogens with one attached hydrogen (secondary N) is 1. The third-order valence-corrected chi connectivity index (χ3v) is 3.42. The normalized spacial score (nSPS) is 13.7. The fourth-order valence-electron chi connectivity index (χ4n) is 2.04. The second-order valence-corrected chi connectivity index (χ2v) is 5.04. The summed E-state index contributed by atoms with van der Waals surface area (Å²) in [6.45, 7) is 0.753. The Hall–Kier alpha value is -2.73. The van der Waals surface area contributed by atoms with Crippen molar-refractivity contribution in [3.63, 3.8) is 0 Å². The number of azo groups is 1. The van der Waals surface area contributed by atoms with E-state index in [2.05, 4.69) is 31.9 Å². The van der Waals surface area contributed by atoms with Gasteiger partial charge in [0.15, 0.2) is 12.5 Å². The van der Waals surface area contributed by atoms with Crippen molar-refractivity contribution < 1.29 is 5.32 Å². The molecule has 112 valence electrons. The molecule has 0 radical (unpaired) electrons. The highest BCUT2D eigenvalue weighted by Crippen LogP contribution is 2.24. The van der Waals surface area contributed by atoms with Gasteiger partial charge in [-0.2, -0.15) is 5.11 Å². The number of allylic oxidation sites excluding steroid dienone is 2. The van der Waals surface area contributed by atoms with E-state index in [1.807, 2.05) is 42.5 Å². The third-order valence-electron chi connectivity index (χ3n) is 3.42. The number of nitrogens with zero attached hydrogens (tertiary/aromatic N) is 3. The van der Waals surface area contributed by atoms with Gasteiger partial charge in [0.05, 0.1) is 5.69 Å². The van der Waals surface area contributed by atoms with Crippen molar-refractivity contribution >= 4 is 23.0 Å². The summed E-state index contributed by atoms with van der Waals surface area (Å²) in [6.07, 6.45) is 4.60. The average Bonchev–Trinajstić information content (AvgIpc) is 2.50. The number of nitrogens with two attached hydrogens (primary N) is 2. The Kier molecular flexibility index (Phi) is 4.41. The number of rotatable bonds is 6. The third kappa shape index (κ3) is 3.67. The number of quaternary nitrogens is 1. The standard InChI is InChI=1S/C16H18N6/c17-16-14(22-21-13-5-2-1-3-6-13)9-10-15(20-16)19-11-18-12-7-4-8-12/h1-3,5-7,9-10,18H,4,8,11H2,(H3,17,19,20)/p+1. The van der Waals surface area contributed by atoms with Crippen LogP contribution in [0, 0.1) is 0 Å². The Balaban J connectivity index is 1.60. The molecule has 0 spiro atoms. The number of nitrogen functional groups attached to an aromatic ring is 1. The predicted molar refractivity (Wildman–Crippen MR) is 87.0 cm³/mol. The number of anilines is 2. The van der Waals surface area contributed by atoms with Crippen LogP contribution in [-0.4, -0.2) is 11.7 Å². The smallest absolute Gasteiger partial charge is 0.154 e. The van der Waals surface area contributed by atoms with E-state index < -0.39 is 0 Å². The van der Waals surface area contributed by atoms with Crippen LogP contribution in [-0.2, 0) is 0 Å². The molecule has 0 saturated carbocycles. The van der Waals surface area contributed by atoms with E-state index in [1.165, 1.54) is 18.5 Å². The first-order chi connectivity index (χ1) is 10.8. The van der Waals surface area contributed by atoms with Crippen LogP contribution < -0.4 is 16.4 Å². The van der Waals surface area contributed by atoms with Crippen LogP contribution in [0.15, 0.2) is 64.5 Å². The maximum absolute atomic E-state index is 5.93. The largest absolute Gasteiger partial charge is 0.382 e. The molecule has 1 aromatic carbocycles.